The van der Waals surface area contributed by atoms with E-state index in [1.165, 1.54) is 15.6 Å². The first kappa shape index (κ1) is 16.3. The van der Waals surface area contributed by atoms with Crippen molar-refractivity contribution in [3.63, 3.8) is 0 Å². The van der Waals surface area contributed by atoms with Crippen molar-refractivity contribution in [3.05, 3.63) is 45.8 Å². The molecule has 6 heteroatoms. The lowest BCUT2D eigenvalue weighted by Gasteiger charge is -2.19. The van der Waals surface area contributed by atoms with Gasteiger partial charge in [-0.3, -0.25) is 4.31 Å². The van der Waals surface area contributed by atoms with Crippen LogP contribution in [-0.2, 0) is 15.9 Å². The van der Waals surface area contributed by atoms with Gasteiger partial charge in [0, 0.05) is 11.9 Å². The Morgan fingerprint density at radius 1 is 1.10 bits per heavy atom. The fourth-order valence-electron chi connectivity index (χ4n) is 2.15. The average Bonchev–Trinajstić information content (AvgIpc) is 2.78. The Bertz CT molecular complexity index is 746. The molecule has 0 aliphatic heterocycles. The normalized spacial score (nSPS) is 11.7. The van der Waals surface area contributed by atoms with Gasteiger partial charge >= 0.3 is 0 Å². The first-order valence-electron chi connectivity index (χ1n) is 6.48. The SMILES string of the molecule is Cc1cc(C)cc(N(C)S(=O)(=O)c2cc(C)c(CCl)s2)c1. The molecule has 2 aromatic rings. The minimum absolute atomic E-state index is 0.331. The van der Waals surface area contributed by atoms with Gasteiger partial charge in [0.05, 0.1) is 11.6 Å². The van der Waals surface area contributed by atoms with Crippen LogP contribution in [0.3, 0.4) is 0 Å². The number of hydrogen-bond acceptors (Lipinski definition) is 3. The van der Waals surface area contributed by atoms with Gasteiger partial charge in [-0.1, -0.05) is 6.07 Å². The van der Waals surface area contributed by atoms with Crippen molar-refractivity contribution < 1.29 is 8.42 Å². The molecule has 0 fully saturated rings. The number of sulfonamides is 1. The predicted octanol–water partition coefficient (Wildman–Crippen LogP) is 4.24. The highest BCUT2D eigenvalue weighted by Crippen LogP contribution is 2.31. The second-order valence-electron chi connectivity index (χ2n) is 5.12. The number of hydrogen-bond donors (Lipinski definition) is 0. The Balaban J connectivity index is 2.46. The Morgan fingerprint density at radius 2 is 1.67 bits per heavy atom. The molecule has 0 bridgehead atoms. The molecule has 1 aromatic heterocycles. The summed E-state index contributed by atoms with van der Waals surface area (Å²) in [5.41, 5.74) is 3.67. The maximum atomic E-state index is 12.7. The van der Waals surface area contributed by atoms with Crippen LogP contribution in [0.25, 0.3) is 0 Å². The van der Waals surface area contributed by atoms with E-state index in [4.69, 9.17) is 11.6 Å². The van der Waals surface area contributed by atoms with Gasteiger partial charge in [-0.05, 0) is 55.7 Å². The third kappa shape index (κ3) is 3.25. The molecule has 0 aliphatic rings. The second-order valence-corrected chi connectivity index (χ2v) is 8.72. The summed E-state index contributed by atoms with van der Waals surface area (Å²) >= 11 is 7.07. The molecule has 2 rings (SSSR count). The maximum Gasteiger partial charge on any atom is 0.273 e. The Labute approximate surface area is 135 Å². The van der Waals surface area contributed by atoms with Crippen LogP contribution >= 0.6 is 22.9 Å². The molecule has 1 heterocycles. The van der Waals surface area contributed by atoms with Gasteiger partial charge in [-0.15, -0.1) is 22.9 Å². The van der Waals surface area contributed by atoms with E-state index >= 15 is 0 Å². The van der Waals surface area contributed by atoms with Crippen molar-refractivity contribution in [1.82, 2.24) is 0 Å². The highest BCUT2D eigenvalue weighted by molar-refractivity contribution is 7.94. The van der Waals surface area contributed by atoms with Crippen molar-refractivity contribution in [2.24, 2.45) is 0 Å². The zero-order valence-corrected chi connectivity index (χ0v) is 14.9. The summed E-state index contributed by atoms with van der Waals surface area (Å²) in [6, 6.07) is 7.45. The van der Waals surface area contributed by atoms with Crippen molar-refractivity contribution >= 4 is 38.6 Å². The first-order valence-corrected chi connectivity index (χ1v) is 9.27. The number of anilines is 1. The number of alkyl halides is 1. The van der Waals surface area contributed by atoms with E-state index < -0.39 is 10.0 Å². The maximum absolute atomic E-state index is 12.7. The zero-order chi connectivity index (χ0) is 15.8. The number of nitrogens with zero attached hydrogens (tertiary/aromatic N) is 1. The summed E-state index contributed by atoms with van der Waals surface area (Å²) in [4.78, 5) is 0.893. The van der Waals surface area contributed by atoms with E-state index in [0.29, 0.717) is 15.8 Å². The second kappa shape index (κ2) is 5.99. The molecular weight excluding hydrogens is 326 g/mol. The van der Waals surface area contributed by atoms with Crippen LogP contribution in [0.15, 0.2) is 28.5 Å². The smallest absolute Gasteiger partial charge is 0.269 e. The predicted molar refractivity (Wildman–Crippen MR) is 90.1 cm³/mol. The highest BCUT2D eigenvalue weighted by Gasteiger charge is 2.24. The van der Waals surface area contributed by atoms with Crippen molar-refractivity contribution in [2.75, 3.05) is 11.4 Å². The Morgan fingerprint density at radius 3 is 2.14 bits per heavy atom. The molecule has 0 unspecified atom stereocenters. The minimum atomic E-state index is -3.54. The van der Waals surface area contributed by atoms with Gasteiger partial charge in [0.15, 0.2) is 0 Å². The van der Waals surface area contributed by atoms with E-state index in [1.54, 1.807) is 13.1 Å². The minimum Gasteiger partial charge on any atom is -0.269 e. The molecule has 3 nitrogen and oxygen atoms in total. The van der Waals surface area contributed by atoms with E-state index in [9.17, 15) is 8.42 Å². The number of aryl methyl sites for hydroxylation is 3. The largest absolute Gasteiger partial charge is 0.273 e. The third-order valence-corrected chi connectivity index (χ3v) is 7.20. The van der Waals surface area contributed by atoms with E-state index in [2.05, 4.69) is 0 Å². The van der Waals surface area contributed by atoms with Crippen LogP contribution in [0.5, 0.6) is 0 Å². The lowest BCUT2D eigenvalue weighted by atomic mass is 10.1. The van der Waals surface area contributed by atoms with Crippen LogP contribution in [0.1, 0.15) is 21.6 Å². The van der Waals surface area contributed by atoms with E-state index in [-0.39, 0.29) is 0 Å². The summed E-state index contributed by atoms with van der Waals surface area (Å²) in [5, 5.41) is 0. The summed E-state index contributed by atoms with van der Waals surface area (Å²) in [6.45, 7) is 5.79. The number of rotatable bonds is 4. The zero-order valence-electron chi connectivity index (χ0n) is 12.5. The van der Waals surface area contributed by atoms with Gasteiger partial charge in [0.2, 0.25) is 0 Å². The topological polar surface area (TPSA) is 37.4 Å². The fraction of sp³-hybridized carbons (Fsp3) is 0.333. The molecule has 114 valence electrons. The van der Waals surface area contributed by atoms with Crippen LogP contribution in [0.4, 0.5) is 5.69 Å². The Hall–Kier alpha value is -1.04. The first-order chi connectivity index (χ1) is 9.75. The van der Waals surface area contributed by atoms with Crippen LogP contribution in [0.2, 0.25) is 0 Å². The van der Waals surface area contributed by atoms with Crippen molar-refractivity contribution in [2.45, 2.75) is 30.9 Å². The lowest BCUT2D eigenvalue weighted by Crippen LogP contribution is -2.25. The number of thiophene rings is 1. The van der Waals surface area contributed by atoms with Gasteiger partial charge in [0.25, 0.3) is 10.0 Å². The molecule has 0 spiro atoms. The molecule has 1 aromatic carbocycles. The van der Waals surface area contributed by atoms with Crippen molar-refractivity contribution in [1.29, 1.82) is 0 Å². The molecule has 0 N–H and O–H groups in total. The van der Waals surface area contributed by atoms with Crippen LogP contribution in [0, 0.1) is 20.8 Å². The summed E-state index contributed by atoms with van der Waals surface area (Å²) in [6.07, 6.45) is 0. The Kier molecular flexibility index (Phi) is 4.66. The summed E-state index contributed by atoms with van der Waals surface area (Å²) in [7, 11) is -1.96. The lowest BCUT2D eigenvalue weighted by molar-refractivity contribution is 0.596. The average molecular weight is 344 g/mol. The van der Waals surface area contributed by atoms with E-state index in [1.807, 2.05) is 39.0 Å². The van der Waals surface area contributed by atoms with Gasteiger partial charge in [-0.25, -0.2) is 8.42 Å². The van der Waals surface area contributed by atoms with E-state index in [0.717, 1.165) is 21.6 Å². The molecule has 0 saturated heterocycles. The molecular formula is C15H18ClNO2S2. The van der Waals surface area contributed by atoms with Gasteiger partial charge in [-0.2, -0.15) is 0 Å². The summed E-state index contributed by atoms with van der Waals surface area (Å²) in [5.74, 6) is 0.333. The highest BCUT2D eigenvalue weighted by atomic mass is 35.5. The molecule has 0 radical (unpaired) electrons. The third-order valence-electron chi connectivity index (χ3n) is 3.30. The standard InChI is InChI=1S/C15H18ClNO2S2/c1-10-5-11(2)7-13(6-10)17(4)21(18,19)15-8-12(3)14(9-16)20-15/h5-8H,9H2,1-4H3. The number of benzene rings is 1. The van der Waals surface area contributed by atoms with Gasteiger partial charge in [0.1, 0.15) is 4.21 Å². The quantitative estimate of drug-likeness (QED) is 0.779. The molecule has 0 amide bonds. The molecule has 0 aliphatic carbocycles. The molecule has 0 atom stereocenters. The number of halogens is 1. The van der Waals surface area contributed by atoms with Crippen molar-refractivity contribution in [3.8, 4) is 0 Å². The molecule has 21 heavy (non-hydrogen) atoms. The monoisotopic (exact) mass is 343 g/mol. The fourth-order valence-corrected chi connectivity index (χ4v) is 5.32. The van der Waals surface area contributed by atoms with Crippen LogP contribution in [-0.4, -0.2) is 15.5 Å². The van der Waals surface area contributed by atoms with Crippen LogP contribution < -0.4 is 4.31 Å². The van der Waals surface area contributed by atoms with Gasteiger partial charge < -0.3 is 0 Å². The molecule has 0 saturated carbocycles. The summed E-state index contributed by atoms with van der Waals surface area (Å²) < 4.78 is 27.1.